The first-order valence-corrected chi connectivity index (χ1v) is 6.78. The molecule has 0 fully saturated rings. The number of hydrogen-bond acceptors (Lipinski definition) is 3. The van der Waals surface area contributed by atoms with E-state index < -0.39 is 6.10 Å². The fourth-order valence-corrected chi connectivity index (χ4v) is 2.34. The number of benzene rings is 1. The van der Waals surface area contributed by atoms with Crippen LogP contribution in [0.2, 0.25) is 0 Å². The Bertz CT molecular complexity index is 739. The highest BCUT2D eigenvalue weighted by Crippen LogP contribution is 2.26. The second-order valence-corrected chi connectivity index (χ2v) is 5.28. The molecule has 0 radical (unpaired) electrons. The Kier molecular flexibility index (Phi) is 3.06. The van der Waals surface area contributed by atoms with Crippen LogP contribution >= 0.6 is 0 Å². The number of H-pyrrole nitrogens is 1. The van der Waals surface area contributed by atoms with E-state index >= 15 is 0 Å². The van der Waals surface area contributed by atoms with E-state index in [1.165, 1.54) is 0 Å². The largest absolute Gasteiger partial charge is 0.385 e. The Morgan fingerprint density at radius 2 is 2.00 bits per heavy atom. The molecule has 0 saturated carbocycles. The zero-order chi connectivity index (χ0) is 14.3. The smallest absolute Gasteiger partial charge is 0.135 e. The van der Waals surface area contributed by atoms with Gasteiger partial charge in [0.2, 0.25) is 0 Å². The molecule has 0 spiro atoms. The van der Waals surface area contributed by atoms with Crippen molar-refractivity contribution in [3.05, 3.63) is 36.3 Å². The van der Waals surface area contributed by atoms with Gasteiger partial charge in [-0.2, -0.15) is 5.10 Å². The van der Waals surface area contributed by atoms with Gasteiger partial charge >= 0.3 is 0 Å². The van der Waals surface area contributed by atoms with E-state index in [1.54, 1.807) is 6.92 Å². The highest BCUT2D eigenvalue weighted by Gasteiger charge is 2.11. The maximum Gasteiger partial charge on any atom is 0.135 e. The van der Waals surface area contributed by atoms with Gasteiger partial charge < -0.3 is 10.1 Å². The second-order valence-electron chi connectivity index (χ2n) is 5.28. The Labute approximate surface area is 117 Å². The summed E-state index contributed by atoms with van der Waals surface area (Å²) < 4.78 is 1.99. The van der Waals surface area contributed by atoms with Crippen LogP contribution in [-0.4, -0.2) is 24.9 Å². The maximum atomic E-state index is 9.59. The summed E-state index contributed by atoms with van der Waals surface area (Å²) >= 11 is 0. The summed E-state index contributed by atoms with van der Waals surface area (Å²) in [5.41, 5.74) is 3.95. The van der Waals surface area contributed by atoms with Crippen LogP contribution in [-0.2, 0) is 0 Å². The van der Waals surface area contributed by atoms with Crippen LogP contribution in [0.25, 0.3) is 22.3 Å². The SMILES string of the molecule is CC(C)n1nccc1-c1ccc2nc([C@@H](C)O)[nH]c2c1. The van der Waals surface area contributed by atoms with E-state index in [9.17, 15) is 5.11 Å². The summed E-state index contributed by atoms with van der Waals surface area (Å²) in [6.45, 7) is 5.92. The normalized spacial score (nSPS) is 13.2. The number of aliphatic hydroxyl groups excluding tert-OH is 1. The lowest BCUT2D eigenvalue weighted by atomic mass is 10.1. The Morgan fingerprint density at radius 1 is 1.20 bits per heavy atom. The average molecular weight is 270 g/mol. The van der Waals surface area contributed by atoms with Crippen molar-refractivity contribution in [2.24, 2.45) is 0 Å². The van der Waals surface area contributed by atoms with Crippen LogP contribution in [0.4, 0.5) is 0 Å². The summed E-state index contributed by atoms with van der Waals surface area (Å²) in [6.07, 6.45) is 1.22. The zero-order valence-electron chi connectivity index (χ0n) is 11.8. The molecule has 0 saturated heterocycles. The van der Waals surface area contributed by atoms with Crippen molar-refractivity contribution in [1.29, 1.82) is 0 Å². The van der Waals surface area contributed by atoms with Gasteiger partial charge in [-0.1, -0.05) is 6.07 Å². The summed E-state index contributed by atoms with van der Waals surface area (Å²) in [5, 5.41) is 13.9. The number of nitrogens with zero attached hydrogens (tertiary/aromatic N) is 3. The molecule has 1 aromatic carbocycles. The number of rotatable bonds is 3. The van der Waals surface area contributed by atoms with Crippen molar-refractivity contribution in [2.75, 3.05) is 0 Å². The fraction of sp³-hybridized carbons (Fsp3) is 0.333. The molecule has 0 bridgehead atoms. The predicted molar refractivity (Wildman–Crippen MR) is 78.3 cm³/mol. The summed E-state index contributed by atoms with van der Waals surface area (Å²) in [6, 6.07) is 8.36. The standard InChI is InChI=1S/C15H18N4O/c1-9(2)19-14(6-7-16-19)11-4-5-12-13(8-11)18-15(17-12)10(3)20/h4-10,20H,1-3H3,(H,17,18)/t10-/m1/s1. The number of aromatic nitrogens is 4. The Hall–Kier alpha value is -2.14. The molecule has 2 heterocycles. The molecule has 0 aliphatic carbocycles. The first-order valence-electron chi connectivity index (χ1n) is 6.78. The van der Waals surface area contributed by atoms with Crippen molar-refractivity contribution in [2.45, 2.75) is 32.9 Å². The van der Waals surface area contributed by atoms with E-state index in [1.807, 2.05) is 35.1 Å². The molecular formula is C15H18N4O. The molecule has 0 aliphatic heterocycles. The molecule has 0 aliphatic rings. The van der Waals surface area contributed by atoms with Gasteiger partial charge in [0, 0.05) is 17.8 Å². The van der Waals surface area contributed by atoms with Gasteiger partial charge in [-0.05, 0) is 39.0 Å². The molecule has 2 aromatic heterocycles. The zero-order valence-corrected chi connectivity index (χ0v) is 11.8. The fourth-order valence-electron chi connectivity index (χ4n) is 2.34. The van der Waals surface area contributed by atoms with Crippen LogP contribution in [0.5, 0.6) is 0 Å². The molecule has 20 heavy (non-hydrogen) atoms. The molecule has 2 N–H and O–H groups in total. The van der Waals surface area contributed by atoms with Gasteiger partial charge in [0.05, 0.1) is 16.7 Å². The lowest BCUT2D eigenvalue weighted by Gasteiger charge is -2.10. The van der Waals surface area contributed by atoms with Gasteiger partial charge in [-0.15, -0.1) is 0 Å². The molecule has 5 heteroatoms. The lowest BCUT2D eigenvalue weighted by molar-refractivity contribution is 0.190. The number of imidazole rings is 1. The molecule has 0 amide bonds. The molecule has 1 atom stereocenters. The van der Waals surface area contributed by atoms with Crippen LogP contribution in [0.3, 0.4) is 0 Å². The molecular weight excluding hydrogens is 252 g/mol. The number of fused-ring (bicyclic) bond motifs is 1. The van der Waals surface area contributed by atoms with Crippen LogP contribution in [0.1, 0.15) is 38.7 Å². The summed E-state index contributed by atoms with van der Waals surface area (Å²) in [7, 11) is 0. The van der Waals surface area contributed by atoms with Gasteiger partial charge in [0.25, 0.3) is 0 Å². The summed E-state index contributed by atoms with van der Waals surface area (Å²) in [4.78, 5) is 7.52. The minimum Gasteiger partial charge on any atom is -0.385 e. The predicted octanol–water partition coefficient (Wildman–Crippen LogP) is 3.06. The maximum absolute atomic E-state index is 9.59. The molecule has 0 unspecified atom stereocenters. The van der Waals surface area contributed by atoms with Gasteiger partial charge in [-0.3, -0.25) is 4.68 Å². The van der Waals surface area contributed by atoms with E-state index in [4.69, 9.17) is 0 Å². The summed E-state index contributed by atoms with van der Waals surface area (Å²) in [5.74, 6) is 0.592. The minimum absolute atomic E-state index is 0.311. The van der Waals surface area contributed by atoms with Crippen molar-refractivity contribution in [3.63, 3.8) is 0 Å². The van der Waals surface area contributed by atoms with Crippen molar-refractivity contribution in [1.82, 2.24) is 19.7 Å². The Balaban J connectivity index is 2.10. The minimum atomic E-state index is -0.591. The molecule has 5 nitrogen and oxygen atoms in total. The quantitative estimate of drug-likeness (QED) is 0.768. The number of aromatic amines is 1. The molecule has 3 rings (SSSR count). The van der Waals surface area contributed by atoms with Crippen molar-refractivity contribution >= 4 is 11.0 Å². The number of aliphatic hydroxyl groups is 1. The third kappa shape index (κ3) is 2.10. The van der Waals surface area contributed by atoms with E-state index in [2.05, 4.69) is 28.9 Å². The Morgan fingerprint density at radius 3 is 2.70 bits per heavy atom. The third-order valence-corrected chi connectivity index (χ3v) is 3.35. The van der Waals surface area contributed by atoms with Crippen molar-refractivity contribution < 1.29 is 5.11 Å². The third-order valence-electron chi connectivity index (χ3n) is 3.35. The van der Waals surface area contributed by atoms with Crippen molar-refractivity contribution in [3.8, 4) is 11.3 Å². The number of hydrogen-bond donors (Lipinski definition) is 2. The number of nitrogens with one attached hydrogen (secondary N) is 1. The second kappa shape index (κ2) is 4.76. The highest BCUT2D eigenvalue weighted by molar-refractivity contribution is 5.81. The molecule has 104 valence electrons. The topological polar surface area (TPSA) is 66.7 Å². The average Bonchev–Trinajstić information content (AvgIpc) is 3.04. The monoisotopic (exact) mass is 270 g/mol. The van der Waals surface area contributed by atoms with Gasteiger partial charge in [0.1, 0.15) is 11.9 Å². The van der Waals surface area contributed by atoms with E-state index in [-0.39, 0.29) is 0 Å². The first kappa shape index (κ1) is 12.9. The van der Waals surface area contributed by atoms with Gasteiger partial charge in [-0.25, -0.2) is 4.98 Å². The first-order chi connectivity index (χ1) is 9.56. The van der Waals surface area contributed by atoms with Gasteiger partial charge in [0.15, 0.2) is 0 Å². The molecule has 3 aromatic rings. The lowest BCUT2D eigenvalue weighted by Crippen LogP contribution is -2.04. The van der Waals surface area contributed by atoms with Crippen LogP contribution < -0.4 is 0 Å². The van der Waals surface area contributed by atoms with E-state index in [0.29, 0.717) is 11.9 Å². The van der Waals surface area contributed by atoms with Crippen LogP contribution in [0, 0.1) is 0 Å². The van der Waals surface area contributed by atoms with Crippen LogP contribution in [0.15, 0.2) is 30.5 Å². The highest BCUT2D eigenvalue weighted by atomic mass is 16.3. The van der Waals surface area contributed by atoms with E-state index in [0.717, 1.165) is 22.3 Å².